The first-order valence-electron chi connectivity index (χ1n) is 5.39. The number of methoxy groups -OCH3 is 1. The van der Waals surface area contributed by atoms with Crippen LogP contribution in [-0.4, -0.2) is 13.2 Å². The summed E-state index contributed by atoms with van der Waals surface area (Å²) in [5.74, 6) is 0.847. The zero-order chi connectivity index (χ0) is 10.7. The summed E-state index contributed by atoms with van der Waals surface area (Å²) < 4.78 is 5.18. The van der Waals surface area contributed by atoms with E-state index in [0.717, 1.165) is 16.5 Å². The van der Waals surface area contributed by atoms with E-state index in [2.05, 4.69) is 5.32 Å². The number of nitrogens with one attached hydrogen (secondary N) is 1. The molecule has 0 heterocycles. The van der Waals surface area contributed by atoms with Crippen LogP contribution in [0.4, 0.5) is 5.69 Å². The first-order chi connectivity index (χ1) is 7.29. The van der Waals surface area contributed by atoms with E-state index in [4.69, 9.17) is 16.3 Å². The molecule has 0 aromatic heterocycles. The van der Waals surface area contributed by atoms with Gasteiger partial charge >= 0.3 is 0 Å². The van der Waals surface area contributed by atoms with Gasteiger partial charge in [-0.15, -0.1) is 0 Å². The van der Waals surface area contributed by atoms with Crippen LogP contribution in [0, 0.1) is 0 Å². The van der Waals surface area contributed by atoms with E-state index in [-0.39, 0.29) is 0 Å². The van der Waals surface area contributed by atoms with E-state index in [0.29, 0.717) is 6.04 Å². The smallest absolute Gasteiger partial charge is 0.121 e. The second kappa shape index (κ2) is 4.75. The fourth-order valence-corrected chi connectivity index (χ4v) is 2.20. The minimum absolute atomic E-state index is 0.578. The van der Waals surface area contributed by atoms with E-state index in [1.165, 1.54) is 25.7 Å². The number of hydrogen-bond acceptors (Lipinski definition) is 2. The summed E-state index contributed by atoms with van der Waals surface area (Å²) >= 11 is 6.11. The van der Waals surface area contributed by atoms with Crippen molar-refractivity contribution in [2.24, 2.45) is 0 Å². The fraction of sp³-hybridized carbons (Fsp3) is 0.500. The highest BCUT2D eigenvalue weighted by atomic mass is 35.5. The maximum absolute atomic E-state index is 6.11. The van der Waals surface area contributed by atoms with Crippen LogP contribution in [0.3, 0.4) is 0 Å². The molecule has 1 aromatic carbocycles. The molecule has 0 atom stereocenters. The van der Waals surface area contributed by atoms with Gasteiger partial charge in [0.05, 0.1) is 17.8 Å². The maximum atomic E-state index is 6.11. The van der Waals surface area contributed by atoms with Gasteiger partial charge in [-0.05, 0) is 25.0 Å². The third-order valence-electron chi connectivity index (χ3n) is 2.89. The molecule has 0 saturated heterocycles. The monoisotopic (exact) mass is 225 g/mol. The summed E-state index contributed by atoms with van der Waals surface area (Å²) in [5, 5.41) is 4.24. The molecular weight excluding hydrogens is 210 g/mol. The van der Waals surface area contributed by atoms with Crippen LogP contribution < -0.4 is 10.1 Å². The molecule has 3 heteroatoms. The lowest BCUT2D eigenvalue weighted by atomic mass is 10.2. The fourth-order valence-electron chi connectivity index (χ4n) is 2.03. The quantitative estimate of drug-likeness (QED) is 0.847. The second-order valence-corrected chi connectivity index (χ2v) is 4.38. The van der Waals surface area contributed by atoms with Gasteiger partial charge < -0.3 is 10.1 Å². The predicted octanol–water partition coefficient (Wildman–Crippen LogP) is 3.70. The molecule has 1 aliphatic rings. The normalized spacial score (nSPS) is 16.7. The number of benzene rings is 1. The van der Waals surface area contributed by atoms with Crippen LogP contribution in [0.15, 0.2) is 18.2 Å². The molecule has 0 unspecified atom stereocenters. The summed E-state index contributed by atoms with van der Waals surface area (Å²) in [6.45, 7) is 0. The van der Waals surface area contributed by atoms with Gasteiger partial charge in [0.25, 0.3) is 0 Å². The number of rotatable bonds is 3. The van der Waals surface area contributed by atoms with Crippen molar-refractivity contribution >= 4 is 17.3 Å². The van der Waals surface area contributed by atoms with Gasteiger partial charge in [-0.1, -0.05) is 24.4 Å². The van der Waals surface area contributed by atoms with Crippen molar-refractivity contribution in [2.75, 3.05) is 12.4 Å². The number of ether oxygens (including phenoxy) is 1. The molecule has 2 nitrogen and oxygen atoms in total. The van der Waals surface area contributed by atoms with E-state index in [1.54, 1.807) is 7.11 Å². The Balaban J connectivity index is 2.11. The average Bonchev–Trinajstić information content (AvgIpc) is 2.74. The van der Waals surface area contributed by atoms with Crippen molar-refractivity contribution in [2.45, 2.75) is 31.7 Å². The van der Waals surface area contributed by atoms with Gasteiger partial charge in [-0.25, -0.2) is 0 Å². The molecule has 0 spiro atoms. The Labute approximate surface area is 95.6 Å². The SMILES string of the molecule is COc1ccc(Cl)c(NC2CCCC2)c1. The van der Waals surface area contributed by atoms with Gasteiger partial charge in [-0.2, -0.15) is 0 Å². The summed E-state index contributed by atoms with van der Waals surface area (Å²) in [6, 6.07) is 6.29. The van der Waals surface area contributed by atoms with Crippen LogP contribution in [0.5, 0.6) is 5.75 Å². The molecule has 1 fully saturated rings. The molecule has 2 rings (SSSR count). The van der Waals surface area contributed by atoms with Crippen LogP contribution in [0.25, 0.3) is 0 Å². The second-order valence-electron chi connectivity index (χ2n) is 3.97. The molecule has 1 N–H and O–H groups in total. The zero-order valence-electron chi connectivity index (χ0n) is 8.92. The van der Waals surface area contributed by atoms with Gasteiger partial charge in [0, 0.05) is 12.1 Å². The van der Waals surface area contributed by atoms with Crippen LogP contribution in [0.2, 0.25) is 5.02 Å². The third-order valence-corrected chi connectivity index (χ3v) is 3.22. The molecule has 15 heavy (non-hydrogen) atoms. The molecule has 82 valence electrons. The topological polar surface area (TPSA) is 21.3 Å². The first-order valence-corrected chi connectivity index (χ1v) is 5.77. The molecule has 1 aromatic rings. The van der Waals surface area contributed by atoms with E-state index < -0.39 is 0 Å². The summed E-state index contributed by atoms with van der Waals surface area (Å²) in [5.41, 5.74) is 0.989. The summed E-state index contributed by atoms with van der Waals surface area (Å²) in [6.07, 6.45) is 5.12. The van der Waals surface area contributed by atoms with E-state index >= 15 is 0 Å². The third kappa shape index (κ3) is 2.57. The lowest BCUT2D eigenvalue weighted by Crippen LogP contribution is -2.14. The van der Waals surface area contributed by atoms with Gasteiger partial charge in [0.15, 0.2) is 0 Å². The predicted molar refractivity (Wildman–Crippen MR) is 63.9 cm³/mol. The molecule has 0 amide bonds. The lowest BCUT2D eigenvalue weighted by Gasteiger charge is -2.15. The highest BCUT2D eigenvalue weighted by Crippen LogP contribution is 2.30. The van der Waals surface area contributed by atoms with Crippen molar-refractivity contribution in [1.82, 2.24) is 0 Å². The number of hydrogen-bond donors (Lipinski definition) is 1. The largest absolute Gasteiger partial charge is 0.497 e. The van der Waals surface area contributed by atoms with Gasteiger partial charge in [0.2, 0.25) is 0 Å². The Morgan fingerprint density at radius 3 is 2.73 bits per heavy atom. The van der Waals surface area contributed by atoms with E-state index in [1.807, 2.05) is 18.2 Å². The summed E-state index contributed by atoms with van der Waals surface area (Å²) in [7, 11) is 1.67. The Hall–Kier alpha value is -0.890. The highest BCUT2D eigenvalue weighted by molar-refractivity contribution is 6.33. The molecule has 0 bridgehead atoms. The molecule has 0 aliphatic heterocycles. The number of anilines is 1. The lowest BCUT2D eigenvalue weighted by molar-refractivity contribution is 0.415. The van der Waals surface area contributed by atoms with Crippen molar-refractivity contribution in [1.29, 1.82) is 0 Å². The molecule has 1 saturated carbocycles. The zero-order valence-corrected chi connectivity index (χ0v) is 9.68. The van der Waals surface area contributed by atoms with Crippen molar-refractivity contribution in [3.63, 3.8) is 0 Å². The molecule has 1 aliphatic carbocycles. The molecule has 0 radical (unpaired) electrons. The Morgan fingerprint density at radius 1 is 1.33 bits per heavy atom. The van der Waals surface area contributed by atoms with Gasteiger partial charge in [-0.3, -0.25) is 0 Å². The molecular formula is C12H16ClNO. The Morgan fingerprint density at radius 2 is 2.07 bits per heavy atom. The van der Waals surface area contributed by atoms with Crippen molar-refractivity contribution < 1.29 is 4.74 Å². The van der Waals surface area contributed by atoms with Crippen molar-refractivity contribution in [3.05, 3.63) is 23.2 Å². The maximum Gasteiger partial charge on any atom is 0.121 e. The Kier molecular flexibility index (Phi) is 3.37. The Bertz CT molecular complexity index is 334. The van der Waals surface area contributed by atoms with Crippen LogP contribution in [0.1, 0.15) is 25.7 Å². The summed E-state index contributed by atoms with van der Waals surface area (Å²) in [4.78, 5) is 0. The van der Waals surface area contributed by atoms with E-state index in [9.17, 15) is 0 Å². The standard InChI is InChI=1S/C12H16ClNO/c1-15-10-6-7-11(13)12(8-10)14-9-4-2-3-5-9/h6-9,14H,2-5H2,1H3. The van der Waals surface area contributed by atoms with Crippen molar-refractivity contribution in [3.8, 4) is 5.75 Å². The highest BCUT2D eigenvalue weighted by Gasteiger charge is 2.15. The first kappa shape index (κ1) is 10.6. The van der Waals surface area contributed by atoms with Crippen LogP contribution >= 0.6 is 11.6 Å². The van der Waals surface area contributed by atoms with Gasteiger partial charge in [0.1, 0.15) is 5.75 Å². The minimum atomic E-state index is 0.578. The number of halogens is 1. The van der Waals surface area contributed by atoms with Crippen LogP contribution in [-0.2, 0) is 0 Å². The minimum Gasteiger partial charge on any atom is -0.497 e. The average molecular weight is 226 g/mol.